The molecule has 2 aromatic heterocycles. The Balaban J connectivity index is 1.35. The van der Waals surface area contributed by atoms with Crippen molar-refractivity contribution >= 4 is 33.3 Å². The lowest BCUT2D eigenvalue weighted by Crippen LogP contribution is -2.38. The number of fused-ring (bicyclic) bond motifs is 3. The van der Waals surface area contributed by atoms with Gasteiger partial charge in [-0.1, -0.05) is 30.3 Å². The standard InChI is InChI=1S/C26H26N4O3S/c1-17-6-5-8-19(14-17)28-26(32)29-13-11-20-22(15-29)34-24-23(20)25(31)30(16-27-24)12-10-18-7-3-4-9-21(18)33-2/h3-9,14,16H,10-13,15H2,1-2H3,(H,28,32). The van der Waals surface area contributed by atoms with Crippen molar-refractivity contribution in [1.82, 2.24) is 14.5 Å². The summed E-state index contributed by atoms with van der Waals surface area (Å²) in [5, 5.41) is 3.67. The van der Waals surface area contributed by atoms with Crippen LogP contribution in [0.1, 0.15) is 21.6 Å². The average molecular weight is 475 g/mol. The number of hydrogen-bond acceptors (Lipinski definition) is 5. The number of para-hydroxylation sites is 1. The van der Waals surface area contributed by atoms with Gasteiger partial charge in [-0.05, 0) is 54.7 Å². The van der Waals surface area contributed by atoms with Gasteiger partial charge in [-0.15, -0.1) is 11.3 Å². The van der Waals surface area contributed by atoms with Gasteiger partial charge in [0.2, 0.25) is 0 Å². The second-order valence-electron chi connectivity index (χ2n) is 8.46. The molecule has 0 bridgehead atoms. The Labute approximate surface area is 201 Å². The summed E-state index contributed by atoms with van der Waals surface area (Å²) in [6, 6.07) is 15.5. The van der Waals surface area contributed by atoms with Crippen molar-refractivity contribution in [2.75, 3.05) is 19.0 Å². The molecule has 0 saturated carbocycles. The zero-order valence-corrected chi connectivity index (χ0v) is 20.0. The molecule has 0 radical (unpaired) electrons. The fourth-order valence-electron chi connectivity index (χ4n) is 4.43. The number of ether oxygens (including phenoxy) is 1. The van der Waals surface area contributed by atoms with E-state index in [2.05, 4.69) is 10.3 Å². The maximum absolute atomic E-state index is 13.3. The molecule has 0 atom stereocenters. The lowest BCUT2D eigenvalue weighted by atomic mass is 10.1. The maximum atomic E-state index is 13.3. The molecule has 2 amide bonds. The van der Waals surface area contributed by atoms with E-state index in [0.29, 0.717) is 37.9 Å². The Morgan fingerprint density at radius 1 is 1.21 bits per heavy atom. The van der Waals surface area contributed by atoms with Gasteiger partial charge in [0.15, 0.2) is 0 Å². The van der Waals surface area contributed by atoms with Crippen LogP contribution in [0.25, 0.3) is 10.2 Å². The molecule has 0 saturated heterocycles. The number of benzene rings is 2. The van der Waals surface area contributed by atoms with Crippen LogP contribution in [0.4, 0.5) is 10.5 Å². The molecule has 5 rings (SSSR count). The zero-order chi connectivity index (χ0) is 23.7. The fourth-order valence-corrected chi connectivity index (χ4v) is 5.62. The van der Waals surface area contributed by atoms with E-state index in [1.165, 1.54) is 11.3 Å². The first-order chi connectivity index (χ1) is 16.5. The zero-order valence-electron chi connectivity index (χ0n) is 19.2. The number of aryl methyl sites for hydroxylation is 3. The van der Waals surface area contributed by atoms with Crippen LogP contribution in [0.2, 0.25) is 0 Å². The highest BCUT2D eigenvalue weighted by molar-refractivity contribution is 7.18. The number of carbonyl (C=O) groups excluding carboxylic acids is 1. The number of rotatable bonds is 5. The van der Waals surface area contributed by atoms with Crippen LogP contribution in [0, 0.1) is 6.92 Å². The van der Waals surface area contributed by atoms with Gasteiger partial charge >= 0.3 is 6.03 Å². The van der Waals surface area contributed by atoms with Gasteiger partial charge in [0.1, 0.15) is 10.6 Å². The second kappa shape index (κ2) is 9.30. The van der Waals surface area contributed by atoms with Crippen LogP contribution in [0.15, 0.2) is 59.7 Å². The summed E-state index contributed by atoms with van der Waals surface area (Å²) in [6.07, 6.45) is 2.95. The van der Waals surface area contributed by atoms with Crippen LogP contribution in [0.5, 0.6) is 5.75 Å². The molecule has 1 N–H and O–H groups in total. The number of aromatic nitrogens is 2. The normalized spacial score (nSPS) is 13.1. The van der Waals surface area contributed by atoms with E-state index in [0.717, 1.165) is 37.8 Å². The van der Waals surface area contributed by atoms with E-state index < -0.39 is 0 Å². The van der Waals surface area contributed by atoms with E-state index in [4.69, 9.17) is 4.74 Å². The van der Waals surface area contributed by atoms with E-state index in [1.807, 2.05) is 55.5 Å². The lowest BCUT2D eigenvalue weighted by molar-refractivity contribution is 0.207. The molecule has 8 heteroatoms. The van der Waals surface area contributed by atoms with Gasteiger partial charge in [0.05, 0.1) is 25.4 Å². The second-order valence-corrected chi connectivity index (χ2v) is 9.54. The number of methoxy groups -OCH3 is 1. The van der Waals surface area contributed by atoms with E-state index in [1.54, 1.807) is 22.9 Å². The Morgan fingerprint density at radius 3 is 2.88 bits per heavy atom. The van der Waals surface area contributed by atoms with Gasteiger partial charge in [-0.25, -0.2) is 9.78 Å². The quantitative estimate of drug-likeness (QED) is 0.458. The Bertz CT molecular complexity index is 1430. The van der Waals surface area contributed by atoms with E-state index in [-0.39, 0.29) is 11.6 Å². The lowest BCUT2D eigenvalue weighted by Gasteiger charge is -2.27. The minimum absolute atomic E-state index is 0.0185. The monoisotopic (exact) mass is 474 g/mol. The minimum atomic E-state index is -0.129. The molecule has 1 aliphatic rings. The molecule has 2 aromatic carbocycles. The van der Waals surface area contributed by atoms with Crippen molar-refractivity contribution in [3.8, 4) is 5.75 Å². The SMILES string of the molecule is COc1ccccc1CCn1cnc2sc3c(c2c1=O)CCN(C(=O)Nc1cccc(C)c1)C3. The van der Waals surface area contributed by atoms with Gasteiger partial charge in [-0.2, -0.15) is 0 Å². The molecular weight excluding hydrogens is 448 g/mol. The highest BCUT2D eigenvalue weighted by Crippen LogP contribution is 2.32. The van der Waals surface area contributed by atoms with E-state index >= 15 is 0 Å². The third-order valence-electron chi connectivity index (χ3n) is 6.20. The molecular formula is C26H26N4O3S. The maximum Gasteiger partial charge on any atom is 0.322 e. The predicted octanol–water partition coefficient (Wildman–Crippen LogP) is 4.61. The number of thiophene rings is 1. The number of hydrogen-bond donors (Lipinski definition) is 1. The number of urea groups is 1. The Morgan fingerprint density at radius 2 is 2.06 bits per heavy atom. The summed E-state index contributed by atoms with van der Waals surface area (Å²) in [4.78, 5) is 34.3. The Hall–Kier alpha value is -3.65. The van der Waals surface area contributed by atoms with Crippen molar-refractivity contribution in [1.29, 1.82) is 0 Å². The number of nitrogens with zero attached hydrogens (tertiary/aromatic N) is 3. The summed E-state index contributed by atoms with van der Waals surface area (Å²) in [7, 11) is 1.65. The largest absolute Gasteiger partial charge is 0.496 e. The summed E-state index contributed by atoms with van der Waals surface area (Å²) in [5.41, 5.74) is 3.95. The number of nitrogens with one attached hydrogen (secondary N) is 1. The number of anilines is 1. The molecule has 3 heterocycles. The fraction of sp³-hybridized carbons (Fsp3) is 0.269. The molecule has 0 unspecified atom stereocenters. The van der Waals surface area contributed by atoms with Crippen molar-refractivity contribution in [2.45, 2.75) is 32.9 Å². The van der Waals surface area contributed by atoms with Crippen molar-refractivity contribution < 1.29 is 9.53 Å². The van der Waals surface area contributed by atoms with Gasteiger partial charge in [0.25, 0.3) is 5.56 Å². The topological polar surface area (TPSA) is 76.5 Å². The smallest absolute Gasteiger partial charge is 0.322 e. The predicted molar refractivity (Wildman–Crippen MR) is 135 cm³/mol. The van der Waals surface area contributed by atoms with E-state index in [9.17, 15) is 9.59 Å². The van der Waals surface area contributed by atoms with Gasteiger partial charge in [0, 0.05) is 23.7 Å². The molecule has 0 spiro atoms. The summed E-state index contributed by atoms with van der Waals surface area (Å²) < 4.78 is 7.11. The van der Waals surface area contributed by atoms with Crippen LogP contribution in [0.3, 0.4) is 0 Å². The number of carbonyl (C=O) groups is 1. The van der Waals surface area contributed by atoms with Crippen LogP contribution in [-0.2, 0) is 25.9 Å². The molecule has 174 valence electrons. The highest BCUT2D eigenvalue weighted by Gasteiger charge is 2.26. The third kappa shape index (κ3) is 4.28. The average Bonchev–Trinajstić information content (AvgIpc) is 3.22. The first kappa shape index (κ1) is 22.2. The van der Waals surface area contributed by atoms with Crippen molar-refractivity contribution in [3.63, 3.8) is 0 Å². The first-order valence-corrected chi connectivity index (χ1v) is 12.1. The Kier molecular flexibility index (Phi) is 6.06. The van der Waals surface area contributed by atoms with Crippen molar-refractivity contribution in [3.05, 3.63) is 86.8 Å². The van der Waals surface area contributed by atoms with Crippen molar-refractivity contribution in [2.24, 2.45) is 0 Å². The van der Waals surface area contributed by atoms with Crippen LogP contribution >= 0.6 is 11.3 Å². The summed E-state index contributed by atoms with van der Waals surface area (Å²) in [6.45, 7) is 3.56. The number of amides is 2. The summed E-state index contributed by atoms with van der Waals surface area (Å²) in [5.74, 6) is 0.821. The molecule has 4 aromatic rings. The highest BCUT2D eigenvalue weighted by atomic mass is 32.1. The minimum Gasteiger partial charge on any atom is -0.496 e. The molecule has 0 fully saturated rings. The van der Waals surface area contributed by atoms with Gasteiger partial charge < -0.3 is 15.0 Å². The molecule has 7 nitrogen and oxygen atoms in total. The van der Waals surface area contributed by atoms with Crippen LogP contribution < -0.4 is 15.6 Å². The summed E-state index contributed by atoms with van der Waals surface area (Å²) >= 11 is 1.51. The molecule has 0 aliphatic carbocycles. The first-order valence-electron chi connectivity index (χ1n) is 11.3. The van der Waals surface area contributed by atoms with Gasteiger partial charge in [-0.3, -0.25) is 9.36 Å². The molecule has 1 aliphatic heterocycles. The third-order valence-corrected chi connectivity index (χ3v) is 7.32. The van der Waals surface area contributed by atoms with Crippen LogP contribution in [-0.4, -0.2) is 34.1 Å². The molecule has 34 heavy (non-hydrogen) atoms.